The SMILES string of the molecule is O=C(Nc1nccs1)C(c1ncn2c1CCC2)N1Cc2cc(-c3ccc(N4CCNCC4)cc3)cc(Cl)c2C1. The number of amides is 1. The highest BCUT2D eigenvalue weighted by atomic mass is 35.5. The molecule has 8 nitrogen and oxygen atoms in total. The number of nitrogens with one attached hydrogen (secondary N) is 2. The molecule has 0 radical (unpaired) electrons. The van der Waals surface area contributed by atoms with Gasteiger partial charge in [0.1, 0.15) is 6.04 Å². The van der Waals surface area contributed by atoms with Crippen LogP contribution in [0.3, 0.4) is 0 Å². The Balaban J connectivity index is 1.17. The summed E-state index contributed by atoms with van der Waals surface area (Å²) < 4.78 is 2.18. The molecule has 1 atom stereocenters. The number of halogens is 1. The maximum atomic E-state index is 13.7. The molecule has 1 fully saturated rings. The predicted octanol–water partition coefficient (Wildman–Crippen LogP) is 4.71. The fraction of sp³-hybridized carbons (Fsp3) is 0.345. The van der Waals surface area contributed by atoms with Crippen molar-refractivity contribution in [3.63, 3.8) is 0 Å². The highest BCUT2D eigenvalue weighted by Gasteiger charge is 2.37. The van der Waals surface area contributed by atoms with E-state index in [0.717, 1.165) is 84.2 Å². The molecular formula is C29H30ClN7OS. The number of imidazole rings is 1. The van der Waals surface area contributed by atoms with Gasteiger partial charge in [-0.05, 0) is 59.4 Å². The smallest absolute Gasteiger partial charge is 0.249 e. The van der Waals surface area contributed by atoms with Crippen molar-refractivity contribution in [2.24, 2.45) is 0 Å². The zero-order chi connectivity index (χ0) is 26.3. The number of carbonyl (C=O) groups excluding carboxylic acids is 1. The summed E-state index contributed by atoms with van der Waals surface area (Å²) in [6.07, 6.45) is 5.59. The average Bonchev–Trinajstić information content (AvgIpc) is 3.76. The van der Waals surface area contributed by atoms with Crippen LogP contribution < -0.4 is 15.5 Å². The van der Waals surface area contributed by atoms with E-state index in [-0.39, 0.29) is 5.91 Å². The van der Waals surface area contributed by atoms with Gasteiger partial charge in [-0.2, -0.15) is 0 Å². The number of carbonyl (C=O) groups is 1. The van der Waals surface area contributed by atoms with E-state index >= 15 is 0 Å². The number of aromatic nitrogens is 3. The Morgan fingerprint density at radius 1 is 1.05 bits per heavy atom. The van der Waals surface area contributed by atoms with Crippen molar-refractivity contribution in [3.8, 4) is 11.1 Å². The topological polar surface area (TPSA) is 78.3 Å². The summed E-state index contributed by atoms with van der Waals surface area (Å²) >= 11 is 8.31. The largest absolute Gasteiger partial charge is 0.369 e. The summed E-state index contributed by atoms with van der Waals surface area (Å²) in [6.45, 7) is 6.26. The van der Waals surface area contributed by atoms with Crippen molar-refractivity contribution in [1.82, 2.24) is 24.8 Å². The minimum absolute atomic E-state index is 0.106. The molecule has 1 amide bonds. The highest BCUT2D eigenvalue weighted by Crippen LogP contribution is 2.39. The Morgan fingerprint density at radius 3 is 2.69 bits per heavy atom. The number of aryl methyl sites for hydroxylation is 1. The quantitative estimate of drug-likeness (QED) is 0.356. The number of benzene rings is 2. The van der Waals surface area contributed by atoms with E-state index in [1.165, 1.54) is 17.0 Å². The van der Waals surface area contributed by atoms with Gasteiger partial charge in [0.15, 0.2) is 5.13 Å². The number of fused-ring (bicyclic) bond motifs is 2. The van der Waals surface area contributed by atoms with Crippen LogP contribution in [0.1, 0.15) is 35.0 Å². The van der Waals surface area contributed by atoms with Crippen LogP contribution in [-0.4, -0.2) is 51.5 Å². The maximum absolute atomic E-state index is 13.7. The van der Waals surface area contributed by atoms with Crippen LogP contribution in [-0.2, 0) is 30.8 Å². The lowest BCUT2D eigenvalue weighted by Gasteiger charge is -2.29. The lowest BCUT2D eigenvalue weighted by Crippen LogP contribution is -2.43. The van der Waals surface area contributed by atoms with E-state index in [2.05, 4.69) is 66.4 Å². The molecule has 0 bridgehead atoms. The first-order valence-electron chi connectivity index (χ1n) is 13.5. The monoisotopic (exact) mass is 559 g/mol. The van der Waals surface area contributed by atoms with Gasteiger partial charge in [-0.1, -0.05) is 23.7 Å². The van der Waals surface area contributed by atoms with Crippen LogP contribution in [0, 0.1) is 0 Å². The van der Waals surface area contributed by atoms with Crippen LogP contribution in [0.25, 0.3) is 11.1 Å². The van der Waals surface area contributed by atoms with Gasteiger partial charge in [-0.25, -0.2) is 9.97 Å². The third kappa shape index (κ3) is 4.74. The summed E-state index contributed by atoms with van der Waals surface area (Å²) in [4.78, 5) is 27.3. The molecule has 0 saturated carbocycles. The number of anilines is 2. The second-order valence-electron chi connectivity index (χ2n) is 10.4. The second-order valence-corrected chi connectivity index (χ2v) is 11.7. The van der Waals surface area contributed by atoms with Crippen molar-refractivity contribution in [2.45, 2.75) is 38.5 Å². The molecule has 3 aliphatic heterocycles. The first-order valence-corrected chi connectivity index (χ1v) is 14.8. The minimum Gasteiger partial charge on any atom is -0.369 e. The molecule has 1 unspecified atom stereocenters. The van der Waals surface area contributed by atoms with Gasteiger partial charge in [0.2, 0.25) is 5.91 Å². The van der Waals surface area contributed by atoms with Crippen molar-refractivity contribution in [2.75, 3.05) is 36.4 Å². The minimum atomic E-state index is -0.520. The van der Waals surface area contributed by atoms with Crippen molar-refractivity contribution < 1.29 is 4.79 Å². The number of hydrogen-bond acceptors (Lipinski definition) is 7. The Kier molecular flexibility index (Phi) is 6.60. The molecular weight excluding hydrogens is 530 g/mol. The molecule has 2 aromatic carbocycles. The highest BCUT2D eigenvalue weighted by molar-refractivity contribution is 7.13. The van der Waals surface area contributed by atoms with Gasteiger partial charge in [0.05, 0.1) is 12.0 Å². The van der Waals surface area contributed by atoms with Gasteiger partial charge < -0.3 is 20.1 Å². The molecule has 0 aliphatic carbocycles. The van der Waals surface area contributed by atoms with E-state index in [4.69, 9.17) is 16.6 Å². The van der Waals surface area contributed by atoms with Crippen LogP contribution in [0.2, 0.25) is 5.02 Å². The number of thiazole rings is 1. The van der Waals surface area contributed by atoms with Gasteiger partial charge in [-0.3, -0.25) is 9.69 Å². The lowest BCUT2D eigenvalue weighted by molar-refractivity contribution is -0.122. The zero-order valence-electron chi connectivity index (χ0n) is 21.6. The number of rotatable bonds is 6. The van der Waals surface area contributed by atoms with E-state index in [1.54, 1.807) is 6.20 Å². The molecule has 0 spiro atoms. The number of piperazine rings is 1. The van der Waals surface area contributed by atoms with Gasteiger partial charge in [0.25, 0.3) is 0 Å². The first kappa shape index (κ1) is 24.8. The van der Waals surface area contributed by atoms with E-state index < -0.39 is 6.04 Å². The molecule has 5 heterocycles. The summed E-state index contributed by atoms with van der Waals surface area (Å²) in [5.41, 5.74) is 7.73. The van der Waals surface area contributed by atoms with Crippen LogP contribution in [0.5, 0.6) is 0 Å². The van der Waals surface area contributed by atoms with Crippen LogP contribution in [0.4, 0.5) is 10.8 Å². The van der Waals surface area contributed by atoms with Crippen molar-refractivity contribution in [1.29, 1.82) is 0 Å². The fourth-order valence-electron chi connectivity index (χ4n) is 6.08. The van der Waals surface area contributed by atoms with Gasteiger partial charge in [-0.15, -0.1) is 11.3 Å². The lowest BCUT2D eigenvalue weighted by atomic mass is 10.00. The molecule has 4 aromatic rings. The molecule has 2 aromatic heterocycles. The maximum Gasteiger partial charge on any atom is 0.249 e. The molecule has 200 valence electrons. The second kappa shape index (κ2) is 10.4. The molecule has 10 heteroatoms. The Hall–Kier alpha value is -3.24. The van der Waals surface area contributed by atoms with Crippen molar-refractivity contribution >= 4 is 39.7 Å². The molecule has 39 heavy (non-hydrogen) atoms. The standard InChI is InChI=1S/C29H30ClN7OS/c30-24-15-20(19-3-5-22(6-4-19)35-11-7-31-8-12-35)14-21-16-37(17-23(21)24)27(28(38)34-29-32-9-13-39-29)26-25-2-1-10-36(25)18-33-26/h3-6,9,13-15,18,27,31H,1-2,7-8,10-12,16-17H2,(H,32,34,38). The molecule has 7 rings (SSSR count). The summed E-state index contributed by atoms with van der Waals surface area (Å²) in [6, 6.07) is 12.5. The summed E-state index contributed by atoms with van der Waals surface area (Å²) in [7, 11) is 0. The van der Waals surface area contributed by atoms with Crippen molar-refractivity contribution in [3.05, 3.63) is 81.8 Å². The number of nitrogens with zero attached hydrogens (tertiary/aromatic N) is 5. The van der Waals surface area contributed by atoms with E-state index in [9.17, 15) is 4.79 Å². The average molecular weight is 560 g/mol. The Bertz CT molecular complexity index is 1490. The van der Waals surface area contributed by atoms with E-state index in [0.29, 0.717) is 18.2 Å². The third-order valence-electron chi connectivity index (χ3n) is 8.03. The summed E-state index contributed by atoms with van der Waals surface area (Å²) in [5, 5.41) is 9.64. The molecule has 1 saturated heterocycles. The normalized spacial score (nSPS) is 17.7. The molecule has 3 aliphatic rings. The van der Waals surface area contributed by atoms with Gasteiger partial charge >= 0.3 is 0 Å². The van der Waals surface area contributed by atoms with Crippen LogP contribution >= 0.6 is 22.9 Å². The zero-order valence-corrected chi connectivity index (χ0v) is 23.1. The predicted molar refractivity (Wildman–Crippen MR) is 155 cm³/mol. The Labute approximate surface area is 236 Å². The summed E-state index contributed by atoms with van der Waals surface area (Å²) in [5.74, 6) is -0.106. The Morgan fingerprint density at radius 2 is 1.90 bits per heavy atom. The third-order valence-corrected chi connectivity index (χ3v) is 9.06. The number of hydrogen-bond donors (Lipinski definition) is 2. The fourth-order valence-corrected chi connectivity index (χ4v) is 6.91. The van der Waals surface area contributed by atoms with Gasteiger partial charge in [0, 0.05) is 73.8 Å². The first-order chi connectivity index (χ1) is 19.1. The van der Waals surface area contributed by atoms with E-state index in [1.807, 2.05) is 11.7 Å². The molecule has 2 N–H and O–H groups in total. The van der Waals surface area contributed by atoms with Crippen LogP contribution in [0.15, 0.2) is 54.3 Å².